The van der Waals surface area contributed by atoms with Crippen LogP contribution in [0.1, 0.15) is 22.5 Å². The molecule has 0 aliphatic heterocycles. The average molecular weight is 627 g/mol. The molecule has 0 unspecified atom stereocenters. The van der Waals surface area contributed by atoms with Crippen molar-refractivity contribution in [2.45, 2.75) is 12.8 Å². The van der Waals surface area contributed by atoms with Gasteiger partial charge in [-0.2, -0.15) is 10.5 Å². The molecule has 0 saturated carbocycles. The molecule has 0 atom stereocenters. The molecule has 3 heterocycles. The van der Waals surface area contributed by atoms with Gasteiger partial charge in [0.2, 0.25) is 0 Å². The third kappa shape index (κ3) is 3.91. The Labute approximate surface area is 281 Å². The van der Waals surface area contributed by atoms with Crippen molar-refractivity contribution in [2.75, 3.05) is 0 Å². The molecule has 0 radical (unpaired) electrons. The molecule has 0 bridgehead atoms. The fraction of sp³-hybridized carbons (Fsp3) is 0.0455. The monoisotopic (exact) mass is 626 g/mol. The predicted molar refractivity (Wildman–Crippen MR) is 195 cm³/mol. The number of fused-ring (bicyclic) bond motifs is 10. The number of hydrogen-bond donors (Lipinski definition) is 0. The third-order valence-electron chi connectivity index (χ3n) is 10.1. The number of nitrogens with zero attached hydrogens (tertiary/aromatic N) is 4. The van der Waals surface area contributed by atoms with E-state index in [1.54, 1.807) is 0 Å². The molecule has 10 rings (SSSR count). The van der Waals surface area contributed by atoms with Crippen molar-refractivity contribution >= 4 is 43.7 Å². The van der Waals surface area contributed by atoms with Gasteiger partial charge < -0.3 is 13.6 Å². The molecular formula is C44H26N4O. The summed E-state index contributed by atoms with van der Waals surface area (Å²) in [6.07, 6.45) is 1.69. The van der Waals surface area contributed by atoms with Crippen molar-refractivity contribution in [3.63, 3.8) is 0 Å². The summed E-state index contributed by atoms with van der Waals surface area (Å²) < 4.78 is 11.1. The highest BCUT2D eigenvalue weighted by Crippen LogP contribution is 2.47. The minimum absolute atomic E-state index is 0.602. The van der Waals surface area contributed by atoms with Crippen molar-refractivity contribution in [3.8, 4) is 45.9 Å². The zero-order valence-electron chi connectivity index (χ0n) is 26.3. The number of aryl methyl sites for hydroxylation is 2. The lowest BCUT2D eigenvalue weighted by atomic mass is 9.91. The molecule has 1 aliphatic carbocycles. The van der Waals surface area contributed by atoms with Gasteiger partial charge in [0.25, 0.3) is 0 Å². The van der Waals surface area contributed by atoms with Crippen molar-refractivity contribution in [3.05, 3.63) is 156 Å². The van der Waals surface area contributed by atoms with Crippen LogP contribution in [-0.2, 0) is 12.8 Å². The smallest absolute Gasteiger partial charge is 0.134 e. The fourth-order valence-electron chi connectivity index (χ4n) is 7.99. The molecule has 0 spiro atoms. The molecule has 228 valence electrons. The van der Waals surface area contributed by atoms with E-state index < -0.39 is 0 Å². The van der Waals surface area contributed by atoms with Gasteiger partial charge in [0.15, 0.2) is 0 Å². The summed E-state index contributed by atoms with van der Waals surface area (Å²) in [7, 11) is 0. The van der Waals surface area contributed by atoms with Crippen LogP contribution in [0.25, 0.3) is 77.4 Å². The first kappa shape index (κ1) is 27.3. The zero-order valence-corrected chi connectivity index (χ0v) is 26.3. The first-order chi connectivity index (χ1) is 24.2. The van der Waals surface area contributed by atoms with Crippen molar-refractivity contribution < 1.29 is 4.42 Å². The number of rotatable bonds is 3. The quantitative estimate of drug-likeness (QED) is 0.196. The molecule has 1 aliphatic rings. The normalized spacial score (nSPS) is 12.3. The van der Waals surface area contributed by atoms with E-state index in [1.165, 1.54) is 22.2 Å². The Morgan fingerprint density at radius 3 is 2.10 bits per heavy atom. The van der Waals surface area contributed by atoms with Gasteiger partial charge in [-0.15, -0.1) is 0 Å². The van der Waals surface area contributed by atoms with E-state index in [0.717, 1.165) is 79.4 Å². The van der Waals surface area contributed by atoms with E-state index in [9.17, 15) is 10.5 Å². The Balaban J connectivity index is 1.27. The van der Waals surface area contributed by atoms with Gasteiger partial charge in [0.1, 0.15) is 11.3 Å². The molecule has 5 heteroatoms. The molecule has 49 heavy (non-hydrogen) atoms. The lowest BCUT2D eigenvalue weighted by Crippen LogP contribution is -2.04. The van der Waals surface area contributed by atoms with Gasteiger partial charge in [-0.25, -0.2) is 0 Å². The van der Waals surface area contributed by atoms with E-state index in [2.05, 4.69) is 106 Å². The largest absolute Gasteiger partial charge is 0.460 e. The SMILES string of the molecule is N#Cc1ccc(-n2c3ccccc3c3cc(C#N)ccc32)c(-c2ccc3c(c2)c2c(n3-c3ccccc3)-c3c(oc4ccccc34)CC2)c1. The highest BCUT2D eigenvalue weighted by molar-refractivity contribution is 6.10. The van der Waals surface area contributed by atoms with Gasteiger partial charge >= 0.3 is 0 Å². The second kappa shape index (κ2) is 10.3. The topological polar surface area (TPSA) is 70.6 Å². The Kier molecular flexibility index (Phi) is 5.76. The second-order valence-electron chi connectivity index (χ2n) is 12.7. The molecule has 5 nitrogen and oxygen atoms in total. The summed E-state index contributed by atoms with van der Waals surface area (Å²) >= 11 is 0. The summed E-state index contributed by atoms with van der Waals surface area (Å²) in [5.74, 6) is 1.03. The number of furan rings is 1. The molecular weight excluding hydrogens is 601 g/mol. The maximum absolute atomic E-state index is 10.1. The number of nitriles is 2. The van der Waals surface area contributed by atoms with Crippen LogP contribution in [0.4, 0.5) is 0 Å². The van der Waals surface area contributed by atoms with Crippen LogP contribution in [0.3, 0.4) is 0 Å². The molecule has 6 aromatic carbocycles. The van der Waals surface area contributed by atoms with E-state index in [0.29, 0.717) is 11.1 Å². The highest BCUT2D eigenvalue weighted by atomic mass is 16.3. The maximum Gasteiger partial charge on any atom is 0.134 e. The lowest BCUT2D eigenvalue weighted by molar-refractivity contribution is 0.545. The van der Waals surface area contributed by atoms with E-state index in [1.807, 2.05) is 48.5 Å². The van der Waals surface area contributed by atoms with Gasteiger partial charge in [0.05, 0.1) is 51.2 Å². The second-order valence-corrected chi connectivity index (χ2v) is 12.7. The van der Waals surface area contributed by atoms with Gasteiger partial charge in [0, 0.05) is 44.8 Å². The van der Waals surface area contributed by atoms with Crippen LogP contribution < -0.4 is 0 Å². The predicted octanol–water partition coefficient (Wildman–Crippen LogP) is 10.6. The molecule has 9 aromatic rings. The lowest BCUT2D eigenvalue weighted by Gasteiger charge is -2.16. The molecule has 0 amide bonds. The molecule has 3 aromatic heterocycles. The van der Waals surface area contributed by atoms with Gasteiger partial charge in [-0.1, -0.05) is 60.7 Å². The Hall–Kier alpha value is -6.82. The van der Waals surface area contributed by atoms with E-state index in [-0.39, 0.29) is 0 Å². The Morgan fingerprint density at radius 1 is 0.551 bits per heavy atom. The number of hydrogen-bond acceptors (Lipinski definition) is 3. The van der Waals surface area contributed by atoms with Crippen LogP contribution in [0, 0.1) is 22.7 Å². The number of para-hydroxylation sites is 3. The third-order valence-corrected chi connectivity index (χ3v) is 10.1. The van der Waals surface area contributed by atoms with Crippen LogP contribution >= 0.6 is 0 Å². The number of benzene rings is 6. The Morgan fingerprint density at radius 2 is 1.24 bits per heavy atom. The fourth-order valence-corrected chi connectivity index (χ4v) is 7.99. The summed E-state index contributed by atoms with van der Waals surface area (Å²) in [4.78, 5) is 0. The first-order valence-electron chi connectivity index (χ1n) is 16.4. The van der Waals surface area contributed by atoms with Gasteiger partial charge in [-0.05, 0) is 90.3 Å². The van der Waals surface area contributed by atoms with Crippen molar-refractivity contribution in [1.82, 2.24) is 9.13 Å². The highest BCUT2D eigenvalue weighted by Gasteiger charge is 2.30. The van der Waals surface area contributed by atoms with Crippen LogP contribution in [0.15, 0.2) is 138 Å². The van der Waals surface area contributed by atoms with Crippen LogP contribution in [0.2, 0.25) is 0 Å². The standard InChI is InChI=1S/C44H26N4O/c45-25-27-14-18-38(48-37-12-6-4-10-31(37)35-23-28(26-46)15-19-40(35)48)34(22-27)29-16-20-39-36(24-29)32-17-21-42-43(33-11-5-7-13-41(33)49-42)44(32)47(39)30-8-2-1-3-9-30/h1-16,18-20,22-24H,17,21H2. The summed E-state index contributed by atoms with van der Waals surface area (Å²) in [6.45, 7) is 0. The van der Waals surface area contributed by atoms with Crippen LogP contribution in [-0.4, -0.2) is 9.13 Å². The maximum atomic E-state index is 10.1. The molecule has 0 saturated heterocycles. The van der Waals surface area contributed by atoms with Crippen molar-refractivity contribution in [2.24, 2.45) is 0 Å². The minimum Gasteiger partial charge on any atom is -0.460 e. The summed E-state index contributed by atoms with van der Waals surface area (Å²) in [5.41, 5.74) is 13.1. The van der Waals surface area contributed by atoms with Gasteiger partial charge in [-0.3, -0.25) is 0 Å². The van der Waals surface area contributed by atoms with Crippen LogP contribution in [0.5, 0.6) is 0 Å². The Bertz CT molecular complexity index is 2910. The molecule has 0 N–H and O–H groups in total. The van der Waals surface area contributed by atoms with E-state index >= 15 is 0 Å². The summed E-state index contributed by atoms with van der Waals surface area (Å²) in [5, 5.41) is 24.2. The summed E-state index contributed by atoms with van der Waals surface area (Å²) in [6, 6.07) is 50.4. The van der Waals surface area contributed by atoms with E-state index in [4.69, 9.17) is 4.42 Å². The zero-order chi connectivity index (χ0) is 32.6. The first-order valence-corrected chi connectivity index (χ1v) is 16.4. The molecule has 0 fully saturated rings. The average Bonchev–Trinajstić information content (AvgIpc) is 3.82. The minimum atomic E-state index is 0.602. The number of aromatic nitrogens is 2. The van der Waals surface area contributed by atoms with Crippen molar-refractivity contribution in [1.29, 1.82) is 10.5 Å².